The highest BCUT2D eigenvalue weighted by molar-refractivity contribution is 5.76. The first-order valence-corrected chi connectivity index (χ1v) is 9.23. The van der Waals surface area contributed by atoms with E-state index in [1.165, 1.54) is 18.2 Å². The van der Waals surface area contributed by atoms with Crippen LogP contribution in [0.1, 0.15) is 37.1 Å². The van der Waals surface area contributed by atoms with E-state index in [0.717, 1.165) is 25.2 Å². The van der Waals surface area contributed by atoms with Gasteiger partial charge in [-0.1, -0.05) is 6.07 Å². The van der Waals surface area contributed by atoms with Crippen molar-refractivity contribution in [3.05, 3.63) is 53.6 Å². The number of likely N-dealkylation sites (tertiary alicyclic amines) is 1. The zero-order chi connectivity index (χ0) is 18.5. The van der Waals surface area contributed by atoms with Gasteiger partial charge in [0.2, 0.25) is 5.91 Å². The Hall–Kier alpha value is -2.24. The molecule has 0 spiro atoms. The fraction of sp³-hybridized carbons (Fsp3) is 0.500. The number of aryl methyl sites for hydroxylation is 2. The number of benzene rings is 1. The lowest BCUT2D eigenvalue weighted by Gasteiger charge is -2.33. The molecule has 6 heteroatoms. The smallest absolute Gasteiger partial charge is 0.224 e. The van der Waals surface area contributed by atoms with Crippen LogP contribution in [-0.2, 0) is 17.8 Å². The minimum Gasteiger partial charge on any atom is -0.342 e. The van der Waals surface area contributed by atoms with Crippen molar-refractivity contribution in [1.82, 2.24) is 14.5 Å². The van der Waals surface area contributed by atoms with Crippen LogP contribution in [0.5, 0.6) is 0 Å². The zero-order valence-electron chi connectivity index (χ0n) is 15.1. The van der Waals surface area contributed by atoms with E-state index < -0.39 is 11.6 Å². The van der Waals surface area contributed by atoms with Gasteiger partial charge in [-0.25, -0.2) is 13.8 Å². The molecule has 0 aliphatic carbocycles. The van der Waals surface area contributed by atoms with Crippen LogP contribution in [-0.4, -0.2) is 33.4 Å². The highest BCUT2D eigenvalue weighted by Gasteiger charge is 2.24. The van der Waals surface area contributed by atoms with Crippen molar-refractivity contribution in [3.63, 3.8) is 0 Å². The molecule has 1 saturated heterocycles. The molecule has 1 amide bonds. The third-order valence-electron chi connectivity index (χ3n) is 5.23. The third kappa shape index (κ3) is 4.48. The number of hydrogen-bond donors (Lipinski definition) is 0. The molecule has 3 rings (SSSR count). The first-order chi connectivity index (χ1) is 12.5. The number of imidazole rings is 1. The lowest BCUT2D eigenvalue weighted by atomic mass is 9.91. The third-order valence-corrected chi connectivity index (χ3v) is 5.23. The van der Waals surface area contributed by atoms with Crippen molar-refractivity contribution in [3.8, 4) is 0 Å². The molecule has 140 valence electrons. The Bertz CT molecular complexity index is 739. The highest BCUT2D eigenvalue weighted by atomic mass is 19.1. The maximum Gasteiger partial charge on any atom is 0.224 e. The molecule has 1 unspecified atom stereocenters. The van der Waals surface area contributed by atoms with Gasteiger partial charge in [0.25, 0.3) is 0 Å². The number of carbonyl (C=O) groups excluding carboxylic acids is 1. The molecule has 0 saturated carbocycles. The molecular formula is C20H25F2N3O. The first kappa shape index (κ1) is 18.5. The monoisotopic (exact) mass is 361 g/mol. The van der Waals surface area contributed by atoms with Crippen molar-refractivity contribution in [2.75, 3.05) is 13.1 Å². The molecule has 0 radical (unpaired) electrons. The molecule has 1 aromatic heterocycles. The van der Waals surface area contributed by atoms with Gasteiger partial charge in [0.05, 0.1) is 0 Å². The van der Waals surface area contributed by atoms with E-state index in [4.69, 9.17) is 0 Å². The number of nitrogens with zero attached hydrogens (tertiary/aromatic N) is 3. The van der Waals surface area contributed by atoms with E-state index in [2.05, 4.69) is 4.98 Å². The number of aromatic nitrogens is 2. The van der Waals surface area contributed by atoms with Gasteiger partial charge in [0.15, 0.2) is 0 Å². The lowest BCUT2D eigenvalue weighted by Crippen LogP contribution is -2.40. The number of piperidine rings is 1. The quantitative estimate of drug-likeness (QED) is 0.786. The van der Waals surface area contributed by atoms with Crippen molar-refractivity contribution in [2.24, 2.45) is 5.92 Å². The summed E-state index contributed by atoms with van der Waals surface area (Å²) in [7, 11) is 0. The van der Waals surface area contributed by atoms with Gasteiger partial charge in [-0.05, 0) is 50.7 Å². The van der Waals surface area contributed by atoms with Gasteiger partial charge in [-0.15, -0.1) is 0 Å². The first-order valence-electron chi connectivity index (χ1n) is 9.23. The van der Waals surface area contributed by atoms with E-state index in [-0.39, 0.29) is 11.5 Å². The summed E-state index contributed by atoms with van der Waals surface area (Å²) in [6, 6.07) is 3.98. The minimum absolute atomic E-state index is 0.139. The minimum atomic E-state index is -0.482. The van der Waals surface area contributed by atoms with Crippen LogP contribution in [0.4, 0.5) is 8.78 Å². The van der Waals surface area contributed by atoms with Crippen LogP contribution in [0.15, 0.2) is 30.6 Å². The van der Waals surface area contributed by atoms with E-state index >= 15 is 0 Å². The molecule has 1 aliphatic heterocycles. The second-order valence-electron chi connectivity index (χ2n) is 7.00. The van der Waals surface area contributed by atoms with Crippen molar-refractivity contribution in [2.45, 2.75) is 45.6 Å². The molecule has 1 aromatic carbocycles. The molecule has 1 aliphatic rings. The van der Waals surface area contributed by atoms with Crippen LogP contribution >= 0.6 is 0 Å². The van der Waals surface area contributed by atoms with Crippen LogP contribution in [0.25, 0.3) is 0 Å². The Morgan fingerprint density at radius 3 is 2.77 bits per heavy atom. The van der Waals surface area contributed by atoms with E-state index in [9.17, 15) is 13.6 Å². The number of halogens is 2. The maximum atomic E-state index is 13.8. The average Bonchev–Trinajstić information content (AvgIpc) is 3.04. The predicted octanol–water partition coefficient (Wildman–Crippen LogP) is 3.73. The van der Waals surface area contributed by atoms with Crippen molar-refractivity contribution < 1.29 is 13.6 Å². The Morgan fingerprint density at radius 1 is 1.31 bits per heavy atom. The standard InChI is InChI=1S/C20H25F2N3O/c1-15-23-10-13-24(15)12-9-20(26)25-11-3-4-16(14-25)7-8-17-18(21)5-2-6-19(17)22/h2,5-6,10,13,16H,3-4,7-9,11-12,14H2,1H3. The Morgan fingerprint density at radius 2 is 2.08 bits per heavy atom. The lowest BCUT2D eigenvalue weighted by molar-refractivity contribution is -0.133. The van der Waals surface area contributed by atoms with Crippen molar-refractivity contribution in [1.29, 1.82) is 0 Å². The number of hydrogen-bond acceptors (Lipinski definition) is 2. The summed E-state index contributed by atoms with van der Waals surface area (Å²) in [5, 5.41) is 0. The normalized spacial score (nSPS) is 17.5. The summed E-state index contributed by atoms with van der Waals surface area (Å²) in [6.07, 6.45) is 7.08. The summed E-state index contributed by atoms with van der Waals surface area (Å²) in [4.78, 5) is 18.6. The Kier molecular flexibility index (Phi) is 6.01. The second kappa shape index (κ2) is 8.43. The van der Waals surface area contributed by atoms with E-state index in [1.807, 2.05) is 22.6 Å². The summed E-state index contributed by atoms with van der Waals surface area (Å²) in [5.74, 6) is 0.372. The fourth-order valence-electron chi connectivity index (χ4n) is 3.66. The molecule has 0 N–H and O–H groups in total. The molecule has 2 aromatic rings. The van der Waals surface area contributed by atoms with Crippen LogP contribution < -0.4 is 0 Å². The molecule has 26 heavy (non-hydrogen) atoms. The summed E-state index contributed by atoms with van der Waals surface area (Å²) >= 11 is 0. The van der Waals surface area contributed by atoms with Crippen LogP contribution in [0.3, 0.4) is 0 Å². The second-order valence-corrected chi connectivity index (χ2v) is 7.00. The molecule has 0 bridgehead atoms. The molecular weight excluding hydrogens is 336 g/mol. The topological polar surface area (TPSA) is 38.1 Å². The molecule has 1 atom stereocenters. The molecule has 2 heterocycles. The predicted molar refractivity (Wildman–Crippen MR) is 95.6 cm³/mol. The summed E-state index contributed by atoms with van der Waals surface area (Å²) in [5.41, 5.74) is 0.159. The van der Waals surface area contributed by atoms with Gasteiger partial charge in [0.1, 0.15) is 17.5 Å². The number of amides is 1. The summed E-state index contributed by atoms with van der Waals surface area (Å²) < 4.78 is 29.5. The molecule has 1 fully saturated rings. The Balaban J connectivity index is 1.50. The van der Waals surface area contributed by atoms with Gasteiger partial charge in [-0.2, -0.15) is 0 Å². The fourth-order valence-corrected chi connectivity index (χ4v) is 3.66. The number of carbonyl (C=O) groups is 1. The van der Waals surface area contributed by atoms with Crippen LogP contribution in [0, 0.1) is 24.5 Å². The highest BCUT2D eigenvalue weighted by Crippen LogP contribution is 2.24. The molecule has 4 nitrogen and oxygen atoms in total. The number of rotatable bonds is 6. The maximum absolute atomic E-state index is 13.8. The van der Waals surface area contributed by atoms with E-state index in [1.54, 1.807) is 6.20 Å². The Labute approximate surface area is 152 Å². The average molecular weight is 361 g/mol. The largest absolute Gasteiger partial charge is 0.342 e. The SMILES string of the molecule is Cc1nccn1CCC(=O)N1CCCC(CCc2c(F)cccc2F)C1. The summed E-state index contributed by atoms with van der Waals surface area (Å²) in [6.45, 7) is 4.00. The van der Waals surface area contributed by atoms with Gasteiger partial charge >= 0.3 is 0 Å². The van der Waals surface area contributed by atoms with Gasteiger partial charge in [0, 0.05) is 44.0 Å². The van der Waals surface area contributed by atoms with Gasteiger partial charge < -0.3 is 9.47 Å². The van der Waals surface area contributed by atoms with Gasteiger partial charge in [-0.3, -0.25) is 4.79 Å². The van der Waals surface area contributed by atoms with E-state index in [0.29, 0.717) is 38.3 Å². The van der Waals surface area contributed by atoms with Crippen molar-refractivity contribution >= 4 is 5.91 Å². The zero-order valence-corrected chi connectivity index (χ0v) is 15.1. The van der Waals surface area contributed by atoms with Crippen LogP contribution in [0.2, 0.25) is 0 Å².